The maximum atomic E-state index is 10.8. The number of aromatic carboxylic acids is 1. The summed E-state index contributed by atoms with van der Waals surface area (Å²) >= 11 is 0. The van der Waals surface area contributed by atoms with Crippen LogP contribution in [0.3, 0.4) is 0 Å². The van der Waals surface area contributed by atoms with Crippen molar-refractivity contribution in [3.05, 3.63) is 35.4 Å². The zero-order chi connectivity index (χ0) is 13.7. The molecule has 0 radical (unpaired) electrons. The second kappa shape index (κ2) is 6.55. The van der Waals surface area contributed by atoms with Crippen LogP contribution in [0.15, 0.2) is 24.3 Å². The van der Waals surface area contributed by atoms with Crippen LogP contribution in [0.4, 0.5) is 0 Å². The van der Waals surface area contributed by atoms with E-state index in [2.05, 4.69) is 32.6 Å². The molecule has 0 unspecified atom stereocenters. The normalized spacial score (nSPS) is 11.5. The second-order valence-corrected chi connectivity index (χ2v) is 5.42. The topological polar surface area (TPSA) is 40.5 Å². The first-order valence-electron chi connectivity index (χ1n) is 6.46. The minimum absolute atomic E-state index is 0.346. The summed E-state index contributed by atoms with van der Waals surface area (Å²) in [5.74, 6) is -0.241. The minimum Gasteiger partial charge on any atom is -0.478 e. The summed E-state index contributed by atoms with van der Waals surface area (Å²) in [6.07, 6.45) is 0. The molecular weight excluding hydrogens is 226 g/mol. The van der Waals surface area contributed by atoms with E-state index in [1.54, 1.807) is 12.1 Å². The largest absolute Gasteiger partial charge is 0.478 e. The molecule has 1 rings (SSSR count). The van der Waals surface area contributed by atoms with Gasteiger partial charge in [-0.15, -0.1) is 0 Å². The van der Waals surface area contributed by atoms with E-state index < -0.39 is 5.97 Å². The maximum Gasteiger partial charge on any atom is 0.335 e. The predicted octanol–water partition coefficient (Wildman–Crippen LogP) is 3.25. The van der Waals surface area contributed by atoms with Gasteiger partial charge in [0.15, 0.2) is 0 Å². The van der Waals surface area contributed by atoms with Gasteiger partial charge in [-0.05, 0) is 37.5 Å². The Morgan fingerprint density at radius 1 is 1.17 bits per heavy atom. The quantitative estimate of drug-likeness (QED) is 0.841. The first-order valence-corrected chi connectivity index (χ1v) is 6.46. The third-order valence-corrected chi connectivity index (χ3v) is 2.92. The van der Waals surface area contributed by atoms with Gasteiger partial charge in [-0.25, -0.2) is 4.79 Å². The summed E-state index contributed by atoms with van der Waals surface area (Å²) in [7, 11) is 0. The highest BCUT2D eigenvalue weighted by atomic mass is 16.4. The van der Waals surface area contributed by atoms with E-state index in [1.165, 1.54) is 0 Å². The fourth-order valence-corrected chi connectivity index (χ4v) is 1.91. The summed E-state index contributed by atoms with van der Waals surface area (Å²) in [5, 5.41) is 8.85. The summed E-state index contributed by atoms with van der Waals surface area (Å²) in [4.78, 5) is 13.2. The summed E-state index contributed by atoms with van der Waals surface area (Å²) in [6.45, 7) is 10.7. The van der Waals surface area contributed by atoms with Gasteiger partial charge < -0.3 is 5.11 Å². The molecule has 1 aromatic rings. The summed E-state index contributed by atoms with van der Waals surface area (Å²) in [5.41, 5.74) is 1.51. The van der Waals surface area contributed by atoms with E-state index in [9.17, 15) is 4.79 Å². The zero-order valence-corrected chi connectivity index (χ0v) is 11.7. The Morgan fingerprint density at radius 3 is 2.11 bits per heavy atom. The molecule has 0 aliphatic heterocycles. The van der Waals surface area contributed by atoms with E-state index in [0.29, 0.717) is 17.5 Å². The molecule has 0 atom stereocenters. The Balaban J connectivity index is 2.72. The highest BCUT2D eigenvalue weighted by Gasteiger charge is 2.12. The fourth-order valence-electron chi connectivity index (χ4n) is 1.91. The predicted molar refractivity (Wildman–Crippen MR) is 73.8 cm³/mol. The molecule has 18 heavy (non-hydrogen) atoms. The van der Waals surface area contributed by atoms with Crippen LogP contribution in [0.25, 0.3) is 0 Å². The minimum atomic E-state index is -0.871. The molecule has 0 aliphatic rings. The number of rotatable bonds is 6. The molecule has 0 saturated carbocycles. The SMILES string of the molecule is CC(C)CN(Cc1ccc(C(=O)O)cc1)C(C)C. The monoisotopic (exact) mass is 249 g/mol. The van der Waals surface area contributed by atoms with E-state index in [1.807, 2.05) is 12.1 Å². The van der Waals surface area contributed by atoms with Crippen LogP contribution in [0.1, 0.15) is 43.6 Å². The van der Waals surface area contributed by atoms with Gasteiger partial charge in [0.2, 0.25) is 0 Å². The van der Waals surface area contributed by atoms with E-state index in [4.69, 9.17) is 5.11 Å². The van der Waals surface area contributed by atoms with E-state index in [-0.39, 0.29) is 0 Å². The lowest BCUT2D eigenvalue weighted by Gasteiger charge is -2.28. The standard InChI is InChI=1S/C15H23NO2/c1-11(2)9-16(12(3)4)10-13-5-7-14(8-6-13)15(17)18/h5-8,11-12H,9-10H2,1-4H3,(H,17,18). The lowest BCUT2D eigenvalue weighted by Crippen LogP contribution is -2.33. The summed E-state index contributed by atoms with van der Waals surface area (Å²) < 4.78 is 0. The van der Waals surface area contributed by atoms with Gasteiger partial charge in [-0.1, -0.05) is 26.0 Å². The molecule has 0 aliphatic carbocycles. The van der Waals surface area contributed by atoms with Gasteiger partial charge in [-0.3, -0.25) is 4.90 Å². The van der Waals surface area contributed by atoms with Crippen LogP contribution >= 0.6 is 0 Å². The van der Waals surface area contributed by atoms with E-state index >= 15 is 0 Å². The Hall–Kier alpha value is -1.35. The van der Waals surface area contributed by atoms with Crippen molar-refractivity contribution in [3.8, 4) is 0 Å². The number of carboxylic acids is 1. The fraction of sp³-hybridized carbons (Fsp3) is 0.533. The first-order chi connectivity index (χ1) is 8.40. The molecule has 0 aromatic heterocycles. The van der Waals surface area contributed by atoms with Crippen LogP contribution in [-0.2, 0) is 6.54 Å². The van der Waals surface area contributed by atoms with Crippen molar-refractivity contribution in [2.24, 2.45) is 5.92 Å². The molecule has 0 bridgehead atoms. The molecule has 100 valence electrons. The summed E-state index contributed by atoms with van der Waals surface area (Å²) in [6, 6.07) is 7.64. The molecule has 0 spiro atoms. The molecule has 1 aromatic carbocycles. The van der Waals surface area contributed by atoms with Gasteiger partial charge in [0.25, 0.3) is 0 Å². The number of carbonyl (C=O) groups is 1. The van der Waals surface area contributed by atoms with Crippen LogP contribution in [0.2, 0.25) is 0 Å². The maximum absolute atomic E-state index is 10.8. The molecular formula is C15H23NO2. The lowest BCUT2D eigenvalue weighted by molar-refractivity contribution is 0.0697. The van der Waals surface area contributed by atoms with Crippen molar-refractivity contribution in [1.29, 1.82) is 0 Å². The van der Waals surface area contributed by atoms with Gasteiger partial charge >= 0.3 is 5.97 Å². The third-order valence-electron chi connectivity index (χ3n) is 2.92. The number of hydrogen-bond donors (Lipinski definition) is 1. The molecule has 0 heterocycles. The second-order valence-electron chi connectivity index (χ2n) is 5.42. The van der Waals surface area contributed by atoms with Crippen molar-refractivity contribution in [3.63, 3.8) is 0 Å². The molecule has 1 N–H and O–H groups in total. The van der Waals surface area contributed by atoms with Crippen molar-refractivity contribution >= 4 is 5.97 Å². The van der Waals surface area contributed by atoms with Crippen LogP contribution in [-0.4, -0.2) is 28.6 Å². The Bertz CT molecular complexity index is 382. The smallest absolute Gasteiger partial charge is 0.335 e. The Labute approximate surface area is 109 Å². The van der Waals surface area contributed by atoms with Gasteiger partial charge in [0.05, 0.1) is 5.56 Å². The molecule has 3 heteroatoms. The number of hydrogen-bond acceptors (Lipinski definition) is 2. The lowest BCUT2D eigenvalue weighted by atomic mass is 10.1. The van der Waals surface area contributed by atoms with Crippen LogP contribution in [0.5, 0.6) is 0 Å². The first kappa shape index (κ1) is 14.7. The van der Waals surface area contributed by atoms with Crippen LogP contribution < -0.4 is 0 Å². The zero-order valence-electron chi connectivity index (χ0n) is 11.7. The third kappa shape index (κ3) is 4.49. The highest BCUT2D eigenvalue weighted by molar-refractivity contribution is 5.87. The molecule has 0 fully saturated rings. The van der Waals surface area contributed by atoms with Crippen LogP contribution in [0, 0.1) is 5.92 Å². The van der Waals surface area contributed by atoms with Crippen molar-refractivity contribution in [1.82, 2.24) is 4.90 Å². The van der Waals surface area contributed by atoms with Gasteiger partial charge in [-0.2, -0.15) is 0 Å². The Kier molecular flexibility index (Phi) is 5.35. The highest BCUT2D eigenvalue weighted by Crippen LogP contribution is 2.12. The van der Waals surface area contributed by atoms with E-state index in [0.717, 1.165) is 18.7 Å². The molecule has 3 nitrogen and oxygen atoms in total. The van der Waals surface area contributed by atoms with Gasteiger partial charge in [0, 0.05) is 19.1 Å². The average molecular weight is 249 g/mol. The van der Waals surface area contributed by atoms with Crippen molar-refractivity contribution < 1.29 is 9.90 Å². The molecule has 0 amide bonds. The number of carboxylic acid groups (broad SMARTS) is 1. The van der Waals surface area contributed by atoms with Crippen molar-refractivity contribution in [2.75, 3.05) is 6.54 Å². The molecule has 0 saturated heterocycles. The van der Waals surface area contributed by atoms with Crippen molar-refractivity contribution in [2.45, 2.75) is 40.3 Å². The Morgan fingerprint density at radius 2 is 1.72 bits per heavy atom. The van der Waals surface area contributed by atoms with Gasteiger partial charge in [0.1, 0.15) is 0 Å². The number of benzene rings is 1. The number of nitrogens with zero attached hydrogens (tertiary/aromatic N) is 1. The average Bonchev–Trinajstić information content (AvgIpc) is 2.28.